The number of benzene rings is 2. The van der Waals surface area contributed by atoms with Crippen LogP contribution in [-0.2, 0) is 6.61 Å². The summed E-state index contributed by atoms with van der Waals surface area (Å²) in [5.74, 6) is 0.604. The summed E-state index contributed by atoms with van der Waals surface area (Å²) in [4.78, 5) is 11.6. The van der Waals surface area contributed by atoms with Crippen molar-refractivity contribution < 1.29 is 13.9 Å². The molecule has 20 heavy (non-hydrogen) atoms. The van der Waals surface area contributed by atoms with Crippen LogP contribution in [0.3, 0.4) is 0 Å². The minimum Gasteiger partial charge on any atom is -0.489 e. The maximum Gasteiger partial charge on any atom is 0.162 e. The van der Waals surface area contributed by atoms with Gasteiger partial charge in [-0.25, -0.2) is 4.39 Å². The van der Waals surface area contributed by atoms with Crippen LogP contribution in [0.25, 0.3) is 0 Å². The maximum absolute atomic E-state index is 12.8. The molecule has 0 spiro atoms. The highest BCUT2D eigenvalue weighted by molar-refractivity contribution is 5.96. The highest BCUT2D eigenvalue weighted by Crippen LogP contribution is 2.21. The molecule has 0 N–H and O–H groups in total. The average Bonchev–Trinajstić information content (AvgIpc) is 2.46. The number of rotatable bonds is 5. The Kier molecular flexibility index (Phi) is 4.51. The van der Waals surface area contributed by atoms with Crippen molar-refractivity contribution in [3.05, 3.63) is 65.0 Å². The number of aryl methyl sites for hydroxylation is 1. The predicted molar refractivity (Wildman–Crippen MR) is 76.5 cm³/mol. The van der Waals surface area contributed by atoms with Crippen LogP contribution in [0.2, 0.25) is 0 Å². The van der Waals surface area contributed by atoms with Crippen molar-refractivity contribution in [1.29, 1.82) is 0 Å². The van der Waals surface area contributed by atoms with Gasteiger partial charge in [-0.1, -0.05) is 19.1 Å². The lowest BCUT2D eigenvalue weighted by Crippen LogP contribution is -2.00. The lowest BCUT2D eigenvalue weighted by Gasteiger charge is -2.10. The number of ether oxygens (including phenoxy) is 1. The monoisotopic (exact) mass is 272 g/mol. The zero-order valence-electron chi connectivity index (χ0n) is 11.7. The van der Waals surface area contributed by atoms with Gasteiger partial charge in [0.1, 0.15) is 18.2 Å². The average molecular weight is 272 g/mol. The fraction of sp³-hybridized carbons (Fsp3) is 0.235. The van der Waals surface area contributed by atoms with Crippen LogP contribution in [0.4, 0.5) is 4.39 Å². The van der Waals surface area contributed by atoms with Crippen molar-refractivity contribution in [3.63, 3.8) is 0 Å². The molecular formula is C17H17FO2. The summed E-state index contributed by atoms with van der Waals surface area (Å²) in [6, 6.07) is 11.6. The molecule has 3 heteroatoms. The van der Waals surface area contributed by atoms with Gasteiger partial charge in [0, 0.05) is 12.0 Å². The van der Waals surface area contributed by atoms with E-state index >= 15 is 0 Å². The summed E-state index contributed by atoms with van der Waals surface area (Å²) in [7, 11) is 0. The molecule has 2 aromatic rings. The van der Waals surface area contributed by atoms with E-state index in [9.17, 15) is 9.18 Å². The Hall–Kier alpha value is -2.16. The molecular weight excluding hydrogens is 255 g/mol. The Morgan fingerprint density at radius 3 is 2.45 bits per heavy atom. The second-order valence-corrected chi connectivity index (χ2v) is 4.67. The van der Waals surface area contributed by atoms with Crippen molar-refractivity contribution in [1.82, 2.24) is 0 Å². The third kappa shape index (κ3) is 3.44. The number of hydrogen-bond donors (Lipinski definition) is 0. The minimum atomic E-state index is -0.257. The molecule has 0 aliphatic rings. The zero-order valence-corrected chi connectivity index (χ0v) is 11.7. The third-order valence-electron chi connectivity index (χ3n) is 3.13. The summed E-state index contributed by atoms with van der Waals surface area (Å²) in [6.07, 6.45) is 0.495. The highest BCUT2D eigenvalue weighted by Gasteiger charge is 2.06. The molecule has 0 amide bonds. The summed E-state index contributed by atoms with van der Waals surface area (Å²) in [5, 5.41) is 0. The maximum atomic E-state index is 12.8. The summed E-state index contributed by atoms with van der Waals surface area (Å²) in [5.41, 5.74) is 2.53. The molecule has 2 rings (SSSR count). The first kappa shape index (κ1) is 14.3. The molecule has 2 aromatic carbocycles. The van der Waals surface area contributed by atoms with Gasteiger partial charge in [-0.15, -0.1) is 0 Å². The molecule has 2 nitrogen and oxygen atoms in total. The van der Waals surface area contributed by atoms with Crippen LogP contribution in [0.15, 0.2) is 42.5 Å². The molecule has 0 aliphatic carbocycles. The Bertz CT molecular complexity index is 603. The molecule has 0 saturated carbocycles. The molecule has 0 bridgehead atoms. The van der Waals surface area contributed by atoms with Crippen LogP contribution in [0.5, 0.6) is 5.75 Å². The second-order valence-electron chi connectivity index (χ2n) is 4.67. The standard InChI is InChI=1S/C17H17FO2/c1-3-16(19)14-6-9-17(12(2)10-14)20-11-13-4-7-15(18)8-5-13/h4-10H,3,11H2,1-2H3. The van der Waals surface area contributed by atoms with Gasteiger partial charge < -0.3 is 4.74 Å². The van der Waals surface area contributed by atoms with Crippen molar-refractivity contribution in [2.45, 2.75) is 26.9 Å². The Morgan fingerprint density at radius 2 is 1.85 bits per heavy atom. The van der Waals surface area contributed by atoms with Crippen LogP contribution in [-0.4, -0.2) is 5.78 Å². The van der Waals surface area contributed by atoms with Crippen LogP contribution < -0.4 is 4.74 Å². The normalized spacial score (nSPS) is 10.3. The molecule has 0 fully saturated rings. The SMILES string of the molecule is CCC(=O)c1ccc(OCc2ccc(F)cc2)c(C)c1. The minimum absolute atomic E-state index is 0.123. The highest BCUT2D eigenvalue weighted by atomic mass is 19.1. The summed E-state index contributed by atoms with van der Waals surface area (Å²) in [6.45, 7) is 4.13. The van der Waals surface area contributed by atoms with E-state index in [0.29, 0.717) is 18.6 Å². The quantitative estimate of drug-likeness (QED) is 0.758. The number of halogens is 1. The number of hydrogen-bond acceptors (Lipinski definition) is 2. The number of carbonyl (C=O) groups excluding carboxylic acids is 1. The van der Waals surface area contributed by atoms with E-state index in [1.165, 1.54) is 12.1 Å². The van der Waals surface area contributed by atoms with Gasteiger partial charge in [-0.05, 0) is 48.4 Å². The van der Waals surface area contributed by atoms with Gasteiger partial charge in [0.15, 0.2) is 5.78 Å². The lowest BCUT2D eigenvalue weighted by atomic mass is 10.1. The fourth-order valence-electron chi connectivity index (χ4n) is 1.93. The fourth-order valence-corrected chi connectivity index (χ4v) is 1.93. The number of ketones is 1. The van der Waals surface area contributed by atoms with E-state index in [-0.39, 0.29) is 11.6 Å². The van der Waals surface area contributed by atoms with Gasteiger partial charge in [0.05, 0.1) is 0 Å². The number of carbonyl (C=O) groups is 1. The molecule has 0 atom stereocenters. The zero-order chi connectivity index (χ0) is 14.5. The van der Waals surface area contributed by atoms with E-state index in [1.54, 1.807) is 18.2 Å². The van der Waals surface area contributed by atoms with Crippen molar-refractivity contribution >= 4 is 5.78 Å². The van der Waals surface area contributed by atoms with E-state index in [4.69, 9.17) is 4.74 Å². The van der Waals surface area contributed by atoms with Gasteiger partial charge in [0.25, 0.3) is 0 Å². The van der Waals surface area contributed by atoms with Gasteiger partial charge in [-0.2, -0.15) is 0 Å². The summed E-state index contributed by atoms with van der Waals surface area (Å²) < 4.78 is 18.5. The first-order chi connectivity index (χ1) is 9.60. The molecule has 0 heterocycles. The molecule has 0 unspecified atom stereocenters. The second kappa shape index (κ2) is 6.33. The van der Waals surface area contributed by atoms with Gasteiger partial charge in [0.2, 0.25) is 0 Å². The van der Waals surface area contributed by atoms with Crippen LogP contribution in [0, 0.1) is 12.7 Å². The molecule has 104 valence electrons. The third-order valence-corrected chi connectivity index (χ3v) is 3.13. The number of Topliss-reactive ketones (excluding diaryl/α,β-unsaturated/α-hetero) is 1. The summed E-state index contributed by atoms with van der Waals surface area (Å²) >= 11 is 0. The van der Waals surface area contributed by atoms with Gasteiger partial charge >= 0.3 is 0 Å². The Morgan fingerprint density at radius 1 is 1.15 bits per heavy atom. The Labute approximate surface area is 118 Å². The molecule has 0 aromatic heterocycles. The molecule has 0 aliphatic heterocycles. The van der Waals surface area contributed by atoms with Crippen LogP contribution >= 0.6 is 0 Å². The topological polar surface area (TPSA) is 26.3 Å². The van der Waals surface area contributed by atoms with Crippen molar-refractivity contribution in [2.24, 2.45) is 0 Å². The van der Waals surface area contributed by atoms with E-state index in [2.05, 4.69) is 0 Å². The smallest absolute Gasteiger partial charge is 0.162 e. The molecule has 0 saturated heterocycles. The van der Waals surface area contributed by atoms with Gasteiger partial charge in [-0.3, -0.25) is 4.79 Å². The molecule has 0 radical (unpaired) electrons. The first-order valence-corrected chi connectivity index (χ1v) is 6.61. The van der Waals surface area contributed by atoms with Crippen molar-refractivity contribution in [2.75, 3.05) is 0 Å². The lowest BCUT2D eigenvalue weighted by molar-refractivity contribution is 0.0988. The van der Waals surface area contributed by atoms with E-state index in [1.807, 2.05) is 26.0 Å². The Balaban J connectivity index is 2.06. The van der Waals surface area contributed by atoms with E-state index < -0.39 is 0 Å². The largest absolute Gasteiger partial charge is 0.489 e. The predicted octanol–water partition coefficient (Wildman–Crippen LogP) is 4.31. The van der Waals surface area contributed by atoms with Crippen LogP contribution in [0.1, 0.15) is 34.8 Å². The van der Waals surface area contributed by atoms with Crippen molar-refractivity contribution in [3.8, 4) is 5.75 Å². The first-order valence-electron chi connectivity index (χ1n) is 6.61. The van der Waals surface area contributed by atoms with E-state index in [0.717, 1.165) is 16.9 Å².